The van der Waals surface area contributed by atoms with Crippen LogP contribution in [0.4, 0.5) is 0 Å². The van der Waals surface area contributed by atoms with Gasteiger partial charge < -0.3 is 28.4 Å². The molecule has 1 fully saturated rings. The number of carbonyl (C=O) groups excluding carboxylic acids is 2. The van der Waals surface area contributed by atoms with E-state index in [4.69, 9.17) is 28.4 Å². The molecule has 1 aliphatic carbocycles. The molecule has 4 atom stereocenters. The largest absolute Gasteiger partial charge is 0.496 e. The van der Waals surface area contributed by atoms with Gasteiger partial charge in [0, 0.05) is 47.2 Å². The van der Waals surface area contributed by atoms with Gasteiger partial charge in [0.1, 0.15) is 34.5 Å². The first kappa shape index (κ1) is 18.6. The molecule has 0 saturated heterocycles. The average Bonchev–Trinajstić information content (AvgIpc) is 2.73. The monoisotopic (exact) mass is 412 g/mol. The number of rotatable bonds is 4. The van der Waals surface area contributed by atoms with E-state index < -0.39 is 23.8 Å². The second-order valence-corrected chi connectivity index (χ2v) is 7.43. The van der Waals surface area contributed by atoms with Crippen molar-refractivity contribution in [2.75, 3.05) is 28.4 Å². The van der Waals surface area contributed by atoms with Crippen molar-refractivity contribution in [3.63, 3.8) is 0 Å². The lowest BCUT2D eigenvalue weighted by atomic mass is 9.50. The van der Waals surface area contributed by atoms with E-state index in [9.17, 15) is 9.59 Å². The van der Waals surface area contributed by atoms with E-state index in [-0.39, 0.29) is 11.8 Å². The van der Waals surface area contributed by atoms with Gasteiger partial charge in [0.15, 0.2) is 0 Å². The Morgan fingerprint density at radius 2 is 1.00 bits per heavy atom. The minimum Gasteiger partial charge on any atom is -0.496 e. The molecule has 0 unspecified atom stereocenters. The van der Waals surface area contributed by atoms with E-state index >= 15 is 0 Å². The van der Waals surface area contributed by atoms with Gasteiger partial charge >= 0.3 is 11.9 Å². The maximum Gasteiger partial charge on any atom is 0.315 e. The van der Waals surface area contributed by atoms with Crippen molar-refractivity contribution >= 4 is 11.9 Å². The van der Waals surface area contributed by atoms with Gasteiger partial charge in [-0.15, -0.1) is 0 Å². The molecule has 8 nitrogen and oxygen atoms in total. The zero-order valence-corrected chi connectivity index (χ0v) is 16.9. The van der Waals surface area contributed by atoms with Crippen molar-refractivity contribution in [2.24, 2.45) is 11.8 Å². The van der Waals surface area contributed by atoms with Crippen LogP contribution >= 0.6 is 0 Å². The zero-order valence-electron chi connectivity index (χ0n) is 16.9. The van der Waals surface area contributed by atoms with Gasteiger partial charge in [0.25, 0.3) is 0 Å². The molecule has 2 aliphatic heterocycles. The van der Waals surface area contributed by atoms with E-state index in [1.54, 1.807) is 38.5 Å². The molecule has 0 aromatic heterocycles. The fourth-order valence-corrected chi connectivity index (χ4v) is 4.96. The molecule has 0 radical (unpaired) electrons. The minimum absolute atomic E-state index is 0.319. The van der Waals surface area contributed by atoms with Gasteiger partial charge in [-0.3, -0.25) is 9.59 Å². The molecule has 2 heterocycles. The highest BCUT2D eigenvalue weighted by atomic mass is 16.6. The van der Waals surface area contributed by atoms with Crippen LogP contribution in [-0.4, -0.2) is 40.4 Å². The van der Waals surface area contributed by atoms with Crippen molar-refractivity contribution < 1.29 is 38.0 Å². The third-order valence-corrected chi connectivity index (χ3v) is 6.25. The zero-order chi connectivity index (χ0) is 21.2. The number of hydrogen-bond acceptors (Lipinski definition) is 8. The summed E-state index contributed by atoms with van der Waals surface area (Å²) in [4.78, 5) is 25.6. The van der Waals surface area contributed by atoms with Crippen LogP contribution in [0.25, 0.3) is 0 Å². The van der Waals surface area contributed by atoms with Gasteiger partial charge in [0.2, 0.25) is 0 Å². The van der Waals surface area contributed by atoms with Crippen molar-refractivity contribution in [3.05, 3.63) is 35.4 Å². The van der Waals surface area contributed by atoms with E-state index in [0.29, 0.717) is 34.5 Å². The summed E-state index contributed by atoms with van der Waals surface area (Å²) in [6.07, 6.45) is 0. The maximum absolute atomic E-state index is 12.8. The van der Waals surface area contributed by atoms with E-state index in [0.717, 1.165) is 11.1 Å². The minimum atomic E-state index is -0.655. The average molecular weight is 412 g/mol. The Morgan fingerprint density at radius 1 is 0.600 bits per heavy atom. The Labute approximate surface area is 172 Å². The molecule has 2 aromatic rings. The van der Waals surface area contributed by atoms with Gasteiger partial charge in [0.05, 0.1) is 40.3 Å². The molecule has 5 rings (SSSR count). The second-order valence-electron chi connectivity index (χ2n) is 7.43. The molecule has 156 valence electrons. The summed E-state index contributed by atoms with van der Waals surface area (Å²) in [5, 5.41) is 0. The predicted octanol–water partition coefficient (Wildman–Crippen LogP) is 2.67. The van der Waals surface area contributed by atoms with Crippen LogP contribution in [-0.2, 0) is 9.59 Å². The summed E-state index contributed by atoms with van der Waals surface area (Å²) in [5.41, 5.74) is 1.48. The van der Waals surface area contributed by atoms with Crippen molar-refractivity contribution in [1.29, 1.82) is 0 Å². The Hall–Kier alpha value is -3.42. The number of ether oxygens (including phenoxy) is 6. The fraction of sp³-hybridized carbons (Fsp3) is 0.364. The van der Waals surface area contributed by atoms with E-state index in [1.807, 2.05) is 0 Å². The SMILES string of the molecule is COc1cc(OC)c2c(c1)OC(=O)[C@@H]1[C@H]3C(=O)Oc4cc(OC)cc(OC)c4[C@@H]3[C@H]21. The molecule has 0 spiro atoms. The van der Waals surface area contributed by atoms with Crippen LogP contribution in [0.2, 0.25) is 0 Å². The fourth-order valence-electron chi connectivity index (χ4n) is 4.96. The van der Waals surface area contributed by atoms with Crippen molar-refractivity contribution in [3.8, 4) is 34.5 Å². The smallest absolute Gasteiger partial charge is 0.315 e. The Kier molecular flexibility index (Phi) is 4.06. The normalized spacial score (nSPS) is 25.3. The molecule has 3 aliphatic rings. The standard InChI is InChI=1S/C22H20O8/c1-25-9-5-11(27-3)15-13(7-9)29-21(23)19-17(15)18-16-12(28-4)6-10(26-2)8-14(16)30-22(24)20(18)19/h5-8,17-20H,1-4H3/t17-,18+,19-,20-/m0/s1. The molecule has 0 N–H and O–H groups in total. The van der Waals surface area contributed by atoms with Gasteiger partial charge in [-0.1, -0.05) is 0 Å². The third kappa shape index (κ3) is 2.33. The summed E-state index contributed by atoms with van der Waals surface area (Å²) in [6.45, 7) is 0. The lowest BCUT2D eigenvalue weighted by Crippen LogP contribution is -2.57. The lowest BCUT2D eigenvalue weighted by molar-refractivity contribution is -0.165. The van der Waals surface area contributed by atoms with Crippen LogP contribution in [0, 0.1) is 11.8 Å². The van der Waals surface area contributed by atoms with Crippen molar-refractivity contribution in [1.82, 2.24) is 0 Å². The van der Waals surface area contributed by atoms with E-state index in [2.05, 4.69) is 0 Å². The Balaban J connectivity index is 1.72. The topological polar surface area (TPSA) is 89.5 Å². The molecule has 0 bridgehead atoms. The number of fused-ring (bicyclic) bond motifs is 8. The summed E-state index contributed by atoms with van der Waals surface area (Å²) in [6, 6.07) is 6.81. The van der Waals surface area contributed by atoms with Crippen molar-refractivity contribution in [2.45, 2.75) is 11.8 Å². The van der Waals surface area contributed by atoms with Crippen LogP contribution in [0.1, 0.15) is 23.0 Å². The summed E-state index contributed by atoms with van der Waals surface area (Å²) in [5.74, 6) is -0.00774. The summed E-state index contributed by atoms with van der Waals surface area (Å²) in [7, 11) is 6.15. The Morgan fingerprint density at radius 3 is 1.33 bits per heavy atom. The number of hydrogen-bond donors (Lipinski definition) is 0. The van der Waals surface area contributed by atoms with Gasteiger partial charge in [-0.05, 0) is 0 Å². The summed E-state index contributed by atoms with van der Waals surface area (Å²) < 4.78 is 32.9. The first-order valence-corrected chi connectivity index (χ1v) is 9.47. The highest BCUT2D eigenvalue weighted by Crippen LogP contribution is 2.67. The molecule has 30 heavy (non-hydrogen) atoms. The van der Waals surface area contributed by atoms with Gasteiger partial charge in [-0.2, -0.15) is 0 Å². The molecular weight excluding hydrogens is 392 g/mol. The highest BCUT2D eigenvalue weighted by Gasteiger charge is 2.66. The van der Waals surface area contributed by atoms with E-state index in [1.165, 1.54) is 14.2 Å². The molecule has 1 saturated carbocycles. The molecule has 2 aromatic carbocycles. The second kappa shape index (κ2) is 6.55. The maximum atomic E-state index is 12.8. The first-order chi connectivity index (χ1) is 14.5. The van der Waals surface area contributed by atoms with Gasteiger partial charge in [-0.25, -0.2) is 0 Å². The van der Waals surface area contributed by atoms with Crippen LogP contribution in [0.3, 0.4) is 0 Å². The number of esters is 2. The lowest BCUT2D eigenvalue weighted by Gasteiger charge is -2.53. The predicted molar refractivity (Wildman–Crippen MR) is 103 cm³/mol. The Bertz CT molecular complexity index is 990. The highest BCUT2D eigenvalue weighted by molar-refractivity contribution is 5.93. The number of carbonyl (C=O) groups is 2. The molecular formula is C22H20O8. The van der Waals surface area contributed by atoms with Crippen LogP contribution in [0.5, 0.6) is 34.5 Å². The van der Waals surface area contributed by atoms with Crippen LogP contribution in [0.15, 0.2) is 24.3 Å². The molecule has 0 amide bonds. The number of benzene rings is 2. The number of methoxy groups -OCH3 is 4. The first-order valence-electron chi connectivity index (χ1n) is 9.47. The van der Waals surface area contributed by atoms with Crippen LogP contribution < -0.4 is 28.4 Å². The summed E-state index contributed by atoms with van der Waals surface area (Å²) >= 11 is 0. The third-order valence-electron chi connectivity index (χ3n) is 6.25. The molecule has 8 heteroatoms. The quantitative estimate of drug-likeness (QED) is 0.559.